The molecule has 3 rings (SSSR count). The Bertz CT molecular complexity index is 981. The van der Waals surface area contributed by atoms with Crippen LogP contribution < -0.4 is 9.47 Å². The first-order valence-corrected chi connectivity index (χ1v) is 8.92. The molecule has 8 heteroatoms. The highest BCUT2D eigenvalue weighted by Gasteiger charge is 2.32. The fourth-order valence-corrected chi connectivity index (χ4v) is 3.26. The Morgan fingerprint density at radius 2 is 2.18 bits per heavy atom. The summed E-state index contributed by atoms with van der Waals surface area (Å²) >= 11 is 5.99. The maximum absolute atomic E-state index is 12.8. The van der Waals surface area contributed by atoms with Gasteiger partial charge in [0.05, 0.1) is 28.5 Å². The van der Waals surface area contributed by atoms with E-state index in [1.165, 1.54) is 6.08 Å². The van der Waals surface area contributed by atoms with Crippen LogP contribution in [0.1, 0.15) is 36.2 Å². The molecule has 0 saturated carbocycles. The average molecular weight is 409 g/mol. The zero-order chi connectivity index (χ0) is 20.5. The number of nitriles is 1. The molecular formula is C20H16ClF3N2O2. The van der Waals surface area contributed by atoms with Crippen LogP contribution in [0.5, 0.6) is 11.5 Å². The number of benzene rings is 1. The average Bonchev–Trinajstić information content (AvgIpc) is 2.99. The minimum absolute atomic E-state index is 0.0257. The molecule has 0 radical (unpaired) electrons. The van der Waals surface area contributed by atoms with Crippen LogP contribution in [-0.2, 0) is 12.6 Å². The van der Waals surface area contributed by atoms with Gasteiger partial charge in [0.2, 0.25) is 0 Å². The lowest BCUT2D eigenvalue weighted by atomic mass is 10.0. The molecule has 146 valence electrons. The van der Waals surface area contributed by atoms with E-state index in [2.05, 4.69) is 4.98 Å². The molecule has 1 atom stereocenters. The van der Waals surface area contributed by atoms with Crippen LogP contribution in [0.2, 0.25) is 5.02 Å². The standard InChI is InChI=1S/C20H16ClF3N2O2/c1-3-27-16-6-12-4-11(2)28-19(12)13(7-16)5-14(9-25)18-17(21)8-15(10-26-18)20(22,23)24/h5-8,10-11H,3-4H2,1-2H3/b14-5+. The lowest BCUT2D eigenvalue weighted by Crippen LogP contribution is -2.06. The summed E-state index contributed by atoms with van der Waals surface area (Å²) in [6, 6.07) is 6.32. The number of ether oxygens (including phenoxy) is 2. The van der Waals surface area contributed by atoms with Gasteiger partial charge in [0.1, 0.15) is 23.7 Å². The van der Waals surface area contributed by atoms with Gasteiger partial charge in [-0.15, -0.1) is 0 Å². The van der Waals surface area contributed by atoms with Crippen LogP contribution in [0.4, 0.5) is 13.2 Å². The Kier molecular flexibility index (Phi) is 5.52. The quantitative estimate of drug-likeness (QED) is 0.623. The van der Waals surface area contributed by atoms with E-state index < -0.39 is 11.7 Å². The van der Waals surface area contributed by atoms with E-state index in [9.17, 15) is 18.4 Å². The van der Waals surface area contributed by atoms with Crippen molar-refractivity contribution in [2.24, 2.45) is 0 Å². The van der Waals surface area contributed by atoms with Crippen molar-refractivity contribution < 1.29 is 22.6 Å². The maximum atomic E-state index is 12.8. The molecular weight excluding hydrogens is 393 g/mol. The molecule has 28 heavy (non-hydrogen) atoms. The highest BCUT2D eigenvalue weighted by atomic mass is 35.5. The van der Waals surface area contributed by atoms with Gasteiger partial charge in [-0.05, 0) is 38.1 Å². The molecule has 1 aliphatic rings. The predicted octanol–water partition coefficient (Wildman–Crippen LogP) is 5.54. The fourth-order valence-electron chi connectivity index (χ4n) is 2.99. The number of alkyl halides is 3. The molecule has 0 aliphatic carbocycles. The number of allylic oxidation sites excluding steroid dienone is 1. The van der Waals surface area contributed by atoms with Gasteiger partial charge in [-0.25, -0.2) is 0 Å². The molecule has 4 nitrogen and oxygen atoms in total. The van der Waals surface area contributed by atoms with Crippen LogP contribution in [0.3, 0.4) is 0 Å². The summed E-state index contributed by atoms with van der Waals surface area (Å²) in [7, 11) is 0. The van der Waals surface area contributed by atoms with E-state index in [0.717, 1.165) is 11.6 Å². The van der Waals surface area contributed by atoms with Crippen molar-refractivity contribution in [1.29, 1.82) is 5.26 Å². The van der Waals surface area contributed by atoms with Gasteiger partial charge in [-0.3, -0.25) is 4.98 Å². The van der Waals surface area contributed by atoms with Crippen LogP contribution in [0.15, 0.2) is 24.4 Å². The van der Waals surface area contributed by atoms with E-state index in [0.29, 0.717) is 36.3 Å². The van der Waals surface area contributed by atoms with Crippen molar-refractivity contribution in [3.05, 3.63) is 51.8 Å². The molecule has 1 aromatic carbocycles. The Morgan fingerprint density at radius 3 is 2.79 bits per heavy atom. The highest BCUT2D eigenvalue weighted by molar-refractivity contribution is 6.32. The fraction of sp³-hybridized carbons (Fsp3) is 0.300. The lowest BCUT2D eigenvalue weighted by Gasteiger charge is -2.11. The van der Waals surface area contributed by atoms with E-state index in [-0.39, 0.29) is 22.4 Å². The molecule has 0 N–H and O–H groups in total. The third-order valence-corrected chi connectivity index (χ3v) is 4.44. The molecule has 1 aliphatic heterocycles. The van der Waals surface area contributed by atoms with Crippen molar-refractivity contribution in [2.75, 3.05) is 6.61 Å². The summed E-state index contributed by atoms with van der Waals surface area (Å²) in [6.45, 7) is 4.25. The first-order valence-electron chi connectivity index (χ1n) is 8.54. The number of nitrogens with zero attached hydrogens (tertiary/aromatic N) is 2. The third-order valence-electron chi connectivity index (χ3n) is 4.15. The van der Waals surface area contributed by atoms with Crippen molar-refractivity contribution in [2.45, 2.75) is 32.5 Å². The molecule has 0 amide bonds. The van der Waals surface area contributed by atoms with Gasteiger partial charge in [0.15, 0.2) is 0 Å². The summed E-state index contributed by atoms with van der Waals surface area (Å²) in [5, 5.41) is 9.30. The molecule has 1 aromatic heterocycles. The third kappa shape index (κ3) is 4.07. The van der Waals surface area contributed by atoms with E-state index >= 15 is 0 Å². The first kappa shape index (κ1) is 20.0. The molecule has 0 fully saturated rings. The number of halogens is 4. The minimum Gasteiger partial charge on any atom is -0.494 e. The zero-order valence-electron chi connectivity index (χ0n) is 15.1. The smallest absolute Gasteiger partial charge is 0.417 e. The summed E-state index contributed by atoms with van der Waals surface area (Å²) in [6.07, 6.45) is -1.75. The van der Waals surface area contributed by atoms with Crippen LogP contribution >= 0.6 is 11.6 Å². The zero-order valence-corrected chi connectivity index (χ0v) is 15.9. The van der Waals surface area contributed by atoms with Gasteiger partial charge in [-0.1, -0.05) is 11.6 Å². The monoisotopic (exact) mass is 408 g/mol. The Morgan fingerprint density at radius 1 is 1.43 bits per heavy atom. The van der Waals surface area contributed by atoms with Crippen LogP contribution in [0.25, 0.3) is 11.6 Å². The van der Waals surface area contributed by atoms with Crippen molar-refractivity contribution >= 4 is 23.3 Å². The number of hydrogen-bond donors (Lipinski definition) is 0. The van der Waals surface area contributed by atoms with Gasteiger partial charge in [-0.2, -0.15) is 18.4 Å². The molecule has 0 saturated heterocycles. The Hall–Kier alpha value is -2.72. The molecule has 2 heterocycles. The van der Waals surface area contributed by atoms with E-state index in [4.69, 9.17) is 21.1 Å². The minimum atomic E-state index is -4.57. The summed E-state index contributed by atoms with van der Waals surface area (Å²) in [4.78, 5) is 3.76. The van der Waals surface area contributed by atoms with Crippen LogP contribution in [-0.4, -0.2) is 17.7 Å². The maximum Gasteiger partial charge on any atom is 0.417 e. The number of rotatable bonds is 4. The molecule has 0 bridgehead atoms. The number of hydrogen-bond acceptors (Lipinski definition) is 4. The highest BCUT2D eigenvalue weighted by Crippen LogP contribution is 2.39. The number of aromatic nitrogens is 1. The van der Waals surface area contributed by atoms with Crippen molar-refractivity contribution in [3.63, 3.8) is 0 Å². The second-order valence-corrected chi connectivity index (χ2v) is 6.70. The van der Waals surface area contributed by atoms with E-state index in [1.807, 2.05) is 26.0 Å². The second kappa shape index (κ2) is 7.72. The van der Waals surface area contributed by atoms with Crippen molar-refractivity contribution in [1.82, 2.24) is 4.98 Å². The van der Waals surface area contributed by atoms with Gasteiger partial charge in [0.25, 0.3) is 0 Å². The second-order valence-electron chi connectivity index (χ2n) is 6.29. The lowest BCUT2D eigenvalue weighted by molar-refractivity contribution is -0.137. The molecule has 2 aromatic rings. The number of pyridine rings is 1. The Balaban J connectivity index is 2.08. The normalized spacial score (nSPS) is 16.3. The van der Waals surface area contributed by atoms with Crippen molar-refractivity contribution in [3.8, 4) is 17.6 Å². The molecule has 0 spiro atoms. The largest absolute Gasteiger partial charge is 0.494 e. The molecule has 1 unspecified atom stereocenters. The topological polar surface area (TPSA) is 55.1 Å². The number of fused-ring (bicyclic) bond motifs is 1. The summed E-state index contributed by atoms with van der Waals surface area (Å²) in [5.41, 5.74) is 0.541. The van der Waals surface area contributed by atoms with E-state index in [1.54, 1.807) is 6.07 Å². The van der Waals surface area contributed by atoms with Gasteiger partial charge >= 0.3 is 6.18 Å². The van der Waals surface area contributed by atoms with Crippen LogP contribution in [0, 0.1) is 11.3 Å². The predicted molar refractivity (Wildman–Crippen MR) is 99.1 cm³/mol. The van der Waals surface area contributed by atoms with Gasteiger partial charge < -0.3 is 9.47 Å². The summed E-state index contributed by atoms with van der Waals surface area (Å²) in [5.74, 6) is 1.24. The Labute approximate surface area is 165 Å². The first-order chi connectivity index (χ1) is 13.2. The van der Waals surface area contributed by atoms with Gasteiger partial charge in [0, 0.05) is 23.7 Å². The summed E-state index contributed by atoms with van der Waals surface area (Å²) < 4.78 is 49.9. The SMILES string of the molecule is CCOc1cc(/C=C(\C#N)c2ncc(C(F)(F)F)cc2Cl)c2c(c1)CC(C)O2.